The fraction of sp³-hybridized carbons (Fsp3) is 0.286. The lowest BCUT2D eigenvalue weighted by molar-refractivity contribution is -0.133. The van der Waals surface area contributed by atoms with Crippen molar-refractivity contribution in [3.05, 3.63) is 60.5 Å². The average molecular weight is 378 g/mol. The van der Waals surface area contributed by atoms with Crippen LogP contribution in [-0.2, 0) is 4.79 Å². The van der Waals surface area contributed by atoms with Crippen LogP contribution in [0, 0.1) is 6.92 Å². The van der Waals surface area contributed by atoms with Gasteiger partial charge in [-0.2, -0.15) is 0 Å². The summed E-state index contributed by atoms with van der Waals surface area (Å²) in [6.45, 7) is 5.18. The number of benzene rings is 2. The van der Waals surface area contributed by atoms with E-state index in [-0.39, 0.29) is 12.5 Å². The summed E-state index contributed by atoms with van der Waals surface area (Å²) in [7, 11) is 0. The van der Waals surface area contributed by atoms with Crippen molar-refractivity contribution in [1.29, 1.82) is 0 Å². The maximum Gasteiger partial charge on any atom is 0.260 e. The molecule has 144 valence electrons. The third kappa shape index (κ3) is 4.14. The first-order valence-corrected chi connectivity index (χ1v) is 9.28. The predicted octanol–water partition coefficient (Wildman–Crippen LogP) is 2.77. The van der Waals surface area contributed by atoms with Crippen LogP contribution in [0.15, 0.2) is 59.3 Å². The molecule has 0 bridgehead atoms. The molecule has 2 aromatic carbocycles. The quantitative estimate of drug-likeness (QED) is 0.680. The molecule has 0 radical (unpaired) electrons. The highest BCUT2D eigenvalue weighted by atomic mass is 16.5. The zero-order valence-electron chi connectivity index (χ0n) is 15.7. The molecule has 1 amide bonds. The third-order valence-electron chi connectivity index (χ3n) is 4.82. The number of carbonyl (C=O) groups is 1. The van der Waals surface area contributed by atoms with Gasteiger partial charge in [0.25, 0.3) is 5.91 Å². The average Bonchev–Trinajstić information content (AvgIpc) is 3.27. The van der Waals surface area contributed by atoms with Crippen LogP contribution in [0.25, 0.3) is 11.5 Å². The minimum atomic E-state index is 0.00451. The second-order valence-electron chi connectivity index (χ2n) is 6.76. The van der Waals surface area contributed by atoms with Gasteiger partial charge in [0.05, 0.1) is 0 Å². The van der Waals surface area contributed by atoms with Crippen molar-refractivity contribution in [3.63, 3.8) is 0 Å². The molecule has 1 aliphatic rings. The van der Waals surface area contributed by atoms with Gasteiger partial charge in [-0.3, -0.25) is 4.79 Å². The molecule has 0 aliphatic carbocycles. The minimum absolute atomic E-state index is 0.00451. The molecule has 28 heavy (non-hydrogen) atoms. The summed E-state index contributed by atoms with van der Waals surface area (Å²) >= 11 is 0. The Bertz CT molecular complexity index is 917. The summed E-state index contributed by atoms with van der Waals surface area (Å²) in [6.07, 6.45) is 1.29. The summed E-state index contributed by atoms with van der Waals surface area (Å²) in [5, 5.41) is 7.52. The SMILES string of the molecule is Cc1cccc(N2CCN(C(=O)COc3ccc(-c4nnco4)cc3)CC2)c1. The molecule has 0 spiro atoms. The molecule has 0 unspecified atom stereocenters. The Labute approximate surface area is 163 Å². The number of ether oxygens (including phenoxy) is 1. The summed E-state index contributed by atoms with van der Waals surface area (Å²) in [6, 6.07) is 15.7. The molecule has 2 heterocycles. The van der Waals surface area contributed by atoms with Gasteiger partial charge in [-0.1, -0.05) is 12.1 Å². The molecule has 4 rings (SSSR count). The van der Waals surface area contributed by atoms with Crippen molar-refractivity contribution in [2.24, 2.45) is 0 Å². The lowest BCUT2D eigenvalue weighted by Gasteiger charge is -2.36. The number of aromatic nitrogens is 2. The van der Waals surface area contributed by atoms with E-state index in [0.29, 0.717) is 24.7 Å². The van der Waals surface area contributed by atoms with Crippen molar-refractivity contribution >= 4 is 11.6 Å². The van der Waals surface area contributed by atoms with E-state index < -0.39 is 0 Å². The van der Waals surface area contributed by atoms with Gasteiger partial charge in [0.1, 0.15) is 5.75 Å². The van der Waals surface area contributed by atoms with E-state index in [1.807, 2.05) is 17.0 Å². The number of amides is 1. The van der Waals surface area contributed by atoms with Gasteiger partial charge >= 0.3 is 0 Å². The van der Waals surface area contributed by atoms with Gasteiger partial charge in [-0.25, -0.2) is 0 Å². The lowest BCUT2D eigenvalue weighted by Crippen LogP contribution is -2.50. The summed E-state index contributed by atoms with van der Waals surface area (Å²) in [5.74, 6) is 1.09. The molecule has 7 nitrogen and oxygen atoms in total. The van der Waals surface area contributed by atoms with Gasteiger partial charge < -0.3 is 19.0 Å². The van der Waals surface area contributed by atoms with E-state index in [4.69, 9.17) is 9.15 Å². The van der Waals surface area contributed by atoms with E-state index in [1.54, 1.807) is 12.1 Å². The van der Waals surface area contributed by atoms with E-state index in [0.717, 1.165) is 18.7 Å². The Morgan fingerprint density at radius 3 is 2.57 bits per heavy atom. The van der Waals surface area contributed by atoms with Gasteiger partial charge in [-0.15, -0.1) is 10.2 Å². The van der Waals surface area contributed by atoms with Crippen LogP contribution in [-0.4, -0.2) is 53.8 Å². The minimum Gasteiger partial charge on any atom is -0.484 e. The van der Waals surface area contributed by atoms with Crippen molar-refractivity contribution in [2.75, 3.05) is 37.7 Å². The van der Waals surface area contributed by atoms with Gasteiger partial charge in [0, 0.05) is 37.4 Å². The molecule has 1 aliphatic heterocycles. The van der Waals surface area contributed by atoms with Crippen LogP contribution in [0.5, 0.6) is 5.75 Å². The maximum absolute atomic E-state index is 12.5. The van der Waals surface area contributed by atoms with Gasteiger partial charge in [0.2, 0.25) is 12.3 Å². The Kier molecular flexibility index (Phi) is 5.23. The molecule has 1 fully saturated rings. The number of nitrogens with zero attached hydrogens (tertiary/aromatic N) is 4. The lowest BCUT2D eigenvalue weighted by atomic mass is 10.2. The topological polar surface area (TPSA) is 71.7 Å². The Balaban J connectivity index is 1.27. The molecule has 1 saturated heterocycles. The third-order valence-corrected chi connectivity index (χ3v) is 4.82. The standard InChI is InChI=1S/C21H22N4O3/c1-16-3-2-4-18(13-16)24-9-11-25(12-10-24)20(26)14-27-19-7-5-17(6-8-19)21-23-22-15-28-21/h2-8,13,15H,9-12,14H2,1H3. The first-order chi connectivity index (χ1) is 13.7. The largest absolute Gasteiger partial charge is 0.484 e. The van der Waals surface area contributed by atoms with Crippen LogP contribution in [0.2, 0.25) is 0 Å². The number of piperazine rings is 1. The van der Waals surface area contributed by atoms with Crippen molar-refractivity contribution < 1.29 is 13.9 Å². The summed E-state index contributed by atoms with van der Waals surface area (Å²) < 4.78 is 10.8. The van der Waals surface area contributed by atoms with E-state index in [9.17, 15) is 4.79 Å². The first-order valence-electron chi connectivity index (χ1n) is 9.28. The zero-order chi connectivity index (χ0) is 19.3. The molecular formula is C21H22N4O3. The fourth-order valence-electron chi connectivity index (χ4n) is 3.27. The Morgan fingerprint density at radius 2 is 1.89 bits per heavy atom. The molecular weight excluding hydrogens is 356 g/mol. The molecule has 1 aromatic heterocycles. The number of anilines is 1. The van der Waals surface area contributed by atoms with E-state index in [2.05, 4.69) is 46.3 Å². The van der Waals surface area contributed by atoms with Crippen molar-refractivity contribution in [3.8, 4) is 17.2 Å². The number of hydrogen-bond donors (Lipinski definition) is 0. The monoisotopic (exact) mass is 378 g/mol. The predicted molar refractivity (Wildman–Crippen MR) is 105 cm³/mol. The van der Waals surface area contributed by atoms with Crippen LogP contribution >= 0.6 is 0 Å². The van der Waals surface area contributed by atoms with Crippen molar-refractivity contribution in [1.82, 2.24) is 15.1 Å². The van der Waals surface area contributed by atoms with E-state index >= 15 is 0 Å². The smallest absolute Gasteiger partial charge is 0.260 e. The van der Waals surface area contributed by atoms with Crippen molar-refractivity contribution in [2.45, 2.75) is 6.92 Å². The molecule has 3 aromatic rings. The number of rotatable bonds is 5. The van der Waals surface area contributed by atoms with Crippen LogP contribution in [0.4, 0.5) is 5.69 Å². The molecule has 0 N–H and O–H groups in total. The fourth-order valence-corrected chi connectivity index (χ4v) is 3.27. The maximum atomic E-state index is 12.5. The summed E-state index contributed by atoms with van der Waals surface area (Å²) in [5.41, 5.74) is 3.27. The van der Waals surface area contributed by atoms with Crippen LogP contribution in [0.3, 0.4) is 0 Å². The second-order valence-corrected chi connectivity index (χ2v) is 6.76. The zero-order valence-corrected chi connectivity index (χ0v) is 15.7. The number of hydrogen-bond acceptors (Lipinski definition) is 6. The van der Waals surface area contributed by atoms with Crippen LogP contribution in [0.1, 0.15) is 5.56 Å². The number of aryl methyl sites for hydroxylation is 1. The molecule has 0 atom stereocenters. The van der Waals surface area contributed by atoms with Crippen LogP contribution < -0.4 is 9.64 Å². The molecule has 0 saturated carbocycles. The summed E-state index contributed by atoms with van der Waals surface area (Å²) in [4.78, 5) is 16.6. The normalized spacial score (nSPS) is 14.2. The van der Waals surface area contributed by atoms with E-state index in [1.165, 1.54) is 17.6 Å². The first kappa shape index (κ1) is 18.0. The second kappa shape index (κ2) is 8.12. The molecule has 7 heteroatoms. The Morgan fingerprint density at radius 1 is 1.11 bits per heavy atom. The van der Waals surface area contributed by atoms with Gasteiger partial charge in [-0.05, 0) is 48.9 Å². The highest BCUT2D eigenvalue weighted by Crippen LogP contribution is 2.21. The number of carbonyl (C=O) groups excluding carboxylic acids is 1. The Hall–Kier alpha value is -3.35. The highest BCUT2D eigenvalue weighted by molar-refractivity contribution is 5.78. The van der Waals surface area contributed by atoms with Gasteiger partial charge in [0.15, 0.2) is 6.61 Å². The highest BCUT2D eigenvalue weighted by Gasteiger charge is 2.21.